The highest BCUT2D eigenvalue weighted by Gasteiger charge is 2.55. The molecule has 2 aromatic rings. The van der Waals surface area contributed by atoms with Gasteiger partial charge >= 0.3 is 6.16 Å². The van der Waals surface area contributed by atoms with Crippen LogP contribution in [0, 0.1) is 17.6 Å². The molecule has 1 spiro atoms. The molecule has 3 aliphatic heterocycles. The summed E-state index contributed by atoms with van der Waals surface area (Å²) < 4.78 is 50.0. The Morgan fingerprint density at radius 1 is 1.22 bits per heavy atom. The zero-order valence-corrected chi connectivity index (χ0v) is 25.3. The van der Waals surface area contributed by atoms with Gasteiger partial charge in [0.15, 0.2) is 11.3 Å². The molecule has 1 aromatic carbocycles. The van der Waals surface area contributed by atoms with Crippen LogP contribution in [0.4, 0.5) is 13.6 Å². The maximum absolute atomic E-state index is 14.3. The Morgan fingerprint density at radius 2 is 2.00 bits per heavy atom. The third-order valence-corrected chi connectivity index (χ3v) is 8.11. The van der Waals surface area contributed by atoms with Crippen LogP contribution < -0.4 is 15.5 Å². The van der Waals surface area contributed by atoms with Gasteiger partial charge in [0.2, 0.25) is 23.9 Å². The van der Waals surface area contributed by atoms with Crippen LogP contribution in [0.5, 0.6) is 5.75 Å². The van der Waals surface area contributed by atoms with Crippen molar-refractivity contribution < 1.29 is 46.9 Å². The lowest BCUT2D eigenvalue weighted by atomic mass is 9.85. The van der Waals surface area contributed by atoms with Crippen molar-refractivity contribution in [2.45, 2.75) is 64.3 Å². The monoisotopic (exact) mass is 632 g/mol. The summed E-state index contributed by atoms with van der Waals surface area (Å²) in [6.07, 6.45) is 1.47. The van der Waals surface area contributed by atoms with E-state index in [1.165, 1.54) is 23.9 Å². The number of hydrogen-bond acceptors (Lipinski definition) is 10. The molecular formula is C30H34F2N4O9. The molecule has 0 saturated carbocycles. The van der Waals surface area contributed by atoms with E-state index >= 15 is 0 Å². The van der Waals surface area contributed by atoms with Gasteiger partial charge in [-0.15, -0.1) is 0 Å². The van der Waals surface area contributed by atoms with Crippen molar-refractivity contribution in [2.75, 3.05) is 27.1 Å². The van der Waals surface area contributed by atoms with E-state index in [0.29, 0.717) is 24.8 Å². The fourth-order valence-corrected chi connectivity index (χ4v) is 5.66. The highest BCUT2D eigenvalue weighted by molar-refractivity contribution is 5.99. The van der Waals surface area contributed by atoms with Gasteiger partial charge in [0.05, 0.1) is 26.2 Å². The van der Waals surface area contributed by atoms with Gasteiger partial charge in [0, 0.05) is 37.0 Å². The Hall–Kier alpha value is -4.69. The van der Waals surface area contributed by atoms with Gasteiger partial charge in [-0.25, -0.2) is 13.6 Å². The number of oxime groups is 1. The maximum Gasteiger partial charge on any atom is 0.511 e. The number of benzene rings is 1. The number of rotatable bonds is 8. The number of hydrogen-bond donors (Lipinski definition) is 1. The van der Waals surface area contributed by atoms with Crippen LogP contribution >= 0.6 is 0 Å². The number of aromatic nitrogens is 1. The van der Waals surface area contributed by atoms with Crippen LogP contribution in [0.25, 0.3) is 0 Å². The first-order chi connectivity index (χ1) is 21.4. The number of methoxy groups -OCH3 is 1. The Morgan fingerprint density at radius 3 is 2.69 bits per heavy atom. The number of fused-ring (bicyclic) bond motifs is 5. The lowest BCUT2D eigenvalue weighted by Crippen LogP contribution is -2.52. The van der Waals surface area contributed by atoms with E-state index in [4.69, 9.17) is 23.8 Å². The molecule has 1 saturated heterocycles. The minimum absolute atomic E-state index is 0.0151. The highest BCUT2D eigenvalue weighted by Crippen LogP contribution is 2.46. The van der Waals surface area contributed by atoms with E-state index in [2.05, 4.69) is 10.5 Å². The Bertz CT molecular complexity index is 1590. The molecule has 2 amide bonds. The minimum atomic E-state index is -1.05. The second kappa shape index (κ2) is 12.7. The normalized spacial score (nSPS) is 21.9. The first-order valence-corrected chi connectivity index (χ1v) is 14.5. The van der Waals surface area contributed by atoms with E-state index in [0.717, 1.165) is 6.07 Å². The molecule has 1 fully saturated rings. The number of amides is 2. The summed E-state index contributed by atoms with van der Waals surface area (Å²) >= 11 is 0. The molecule has 15 heteroatoms. The number of nitrogens with zero attached hydrogens (tertiary/aromatic N) is 3. The zero-order valence-electron chi connectivity index (χ0n) is 25.3. The van der Waals surface area contributed by atoms with Gasteiger partial charge < -0.3 is 38.6 Å². The molecule has 4 heterocycles. The van der Waals surface area contributed by atoms with Crippen LogP contribution in [-0.4, -0.2) is 72.0 Å². The molecule has 0 aliphatic carbocycles. The second-order valence-electron chi connectivity index (χ2n) is 11.6. The molecule has 0 unspecified atom stereocenters. The molecule has 2 bridgehead atoms. The predicted molar refractivity (Wildman–Crippen MR) is 153 cm³/mol. The lowest BCUT2D eigenvalue weighted by Gasteiger charge is -2.42. The van der Waals surface area contributed by atoms with Gasteiger partial charge in [-0.3, -0.25) is 14.4 Å². The molecule has 13 nitrogen and oxygen atoms in total. The number of pyridine rings is 1. The molecule has 1 N–H and O–H groups in total. The van der Waals surface area contributed by atoms with Gasteiger partial charge in [0.1, 0.15) is 17.2 Å². The van der Waals surface area contributed by atoms with Crippen LogP contribution in [0.3, 0.4) is 0 Å². The summed E-state index contributed by atoms with van der Waals surface area (Å²) in [6.45, 7) is 4.64. The minimum Gasteiger partial charge on any atom is -0.482 e. The van der Waals surface area contributed by atoms with Crippen molar-refractivity contribution in [3.8, 4) is 5.75 Å². The second-order valence-corrected chi connectivity index (χ2v) is 11.6. The quantitative estimate of drug-likeness (QED) is 0.341. The standard InChI is InChI=1S/C30H34F2N4O9/c1-16(2)14-42-29(40)44-15-43-26-24-28(39)35-13-22(30(8-7-17(35)3)10-23(41-4)34-45-30)36(24)12-20(25(26)37)27(38)33-11-18-5-6-19(31)9-21(18)32/h5-6,9,12,16-17,22H,7-8,10-11,13-15H2,1-4H3,(H,33,38)/t17-,22+,30-/m0/s1. The highest BCUT2D eigenvalue weighted by atomic mass is 19.1. The molecule has 3 aliphatic rings. The van der Waals surface area contributed by atoms with E-state index in [1.807, 2.05) is 20.8 Å². The van der Waals surface area contributed by atoms with E-state index in [1.54, 1.807) is 4.90 Å². The van der Waals surface area contributed by atoms with Gasteiger partial charge in [-0.2, -0.15) is 0 Å². The Balaban J connectivity index is 1.54. The summed E-state index contributed by atoms with van der Waals surface area (Å²) in [4.78, 5) is 60.8. The van der Waals surface area contributed by atoms with Gasteiger partial charge in [0.25, 0.3) is 11.8 Å². The van der Waals surface area contributed by atoms with Crippen molar-refractivity contribution in [3.63, 3.8) is 0 Å². The van der Waals surface area contributed by atoms with Crippen molar-refractivity contribution >= 4 is 23.9 Å². The van der Waals surface area contributed by atoms with E-state index < -0.39 is 64.8 Å². The van der Waals surface area contributed by atoms with Crippen molar-refractivity contribution in [2.24, 2.45) is 11.1 Å². The maximum atomic E-state index is 14.3. The predicted octanol–water partition coefficient (Wildman–Crippen LogP) is 3.50. The first-order valence-electron chi connectivity index (χ1n) is 14.5. The summed E-state index contributed by atoms with van der Waals surface area (Å²) in [5.41, 5.74) is -2.57. The molecular weight excluding hydrogens is 598 g/mol. The zero-order chi connectivity index (χ0) is 32.5. The largest absolute Gasteiger partial charge is 0.511 e. The van der Waals surface area contributed by atoms with Crippen LogP contribution in [0.1, 0.15) is 72.5 Å². The van der Waals surface area contributed by atoms with Gasteiger partial charge in [-0.05, 0) is 31.7 Å². The molecule has 5 rings (SSSR count). The fourth-order valence-electron chi connectivity index (χ4n) is 5.66. The fraction of sp³-hybridized carbons (Fsp3) is 0.500. The van der Waals surface area contributed by atoms with Crippen molar-refractivity contribution in [1.29, 1.82) is 0 Å². The van der Waals surface area contributed by atoms with Crippen molar-refractivity contribution in [1.82, 2.24) is 14.8 Å². The van der Waals surface area contributed by atoms with Crippen LogP contribution in [0.2, 0.25) is 0 Å². The average Bonchev–Trinajstić information content (AvgIpc) is 3.38. The van der Waals surface area contributed by atoms with Crippen LogP contribution in [0.15, 0.2) is 34.3 Å². The molecule has 0 radical (unpaired) electrons. The average molecular weight is 633 g/mol. The molecule has 242 valence electrons. The number of carbonyl (C=O) groups is 3. The topological polar surface area (TPSA) is 147 Å². The smallest absolute Gasteiger partial charge is 0.482 e. The number of carbonyl (C=O) groups excluding carboxylic acids is 3. The van der Waals surface area contributed by atoms with E-state index in [-0.39, 0.29) is 49.3 Å². The third-order valence-electron chi connectivity index (χ3n) is 8.11. The van der Waals surface area contributed by atoms with Crippen molar-refractivity contribution in [3.05, 3.63) is 63.1 Å². The third kappa shape index (κ3) is 6.28. The SMILES string of the molecule is COC1=NO[C@@]2(CC[C@H](C)N3C[C@H]2n2cc(C(=O)NCc4ccc(F)cc4F)c(=O)c(OCOC(=O)OCC(C)C)c2C3=O)C1. The Kier molecular flexibility index (Phi) is 8.98. The van der Waals surface area contributed by atoms with Crippen LogP contribution in [-0.2, 0) is 25.6 Å². The number of nitrogens with one attached hydrogen (secondary N) is 1. The Labute approximate surface area is 257 Å². The first kappa shape index (κ1) is 31.7. The summed E-state index contributed by atoms with van der Waals surface area (Å²) in [6, 6.07) is 1.99. The van der Waals surface area contributed by atoms with Gasteiger partial charge in [-0.1, -0.05) is 25.1 Å². The number of ether oxygens (including phenoxy) is 4. The number of halogens is 2. The van der Waals surface area contributed by atoms with E-state index in [9.17, 15) is 28.0 Å². The summed E-state index contributed by atoms with van der Waals surface area (Å²) in [7, 11) is 1.46. The molecule has 1 aromatic heterocycles. The summed E-state index contributed by atoms with van der Waals surface area (Å²) in [5.74, 6) is -3.24. The lowest BCUT2D eigenvalue weighted by molar-refractivity contribution is -0.0658. The summed E-state index contributed by atoms with van der Waals surface area (Å²) in [5, 5.41) is 6.55. The molecule has 3 atom stereocenters. The molecule has 45 heavy (non-hydrogen) atoms.